The number of guanidine groups is 1. The van der Waals surface area contributed by atoms with E-state index in [1.807, 2.05) is 0 Å². The van der Waals surface area contributed by atoms with Crippen molar-refractivity contribution in [1.29, 1.82) is 5.41 Å². The largest absolute Gasteiger partial charge is 0.481 e. The van der Waals surface area contributed by atoms with Crippen molar-refractivity contribution in [3.63, 3.8) is 0 Å². The number of carbonyl (C=O) groups is 2. The lowest BCUT2D eigenvalue weighted by Crippen LogP contribution is -2.37. The highest BCUT2D eigenvalue weighted by molar-refractivity contribution is 7.61. The predicted octanol–water partition coefficient (Wildman–Crippen LogP) is 2.47. The molecule has 360 valence electrons. The number of nitrogen functional groups attached to an aromatic ring is 1. The van der Waals surface area contributed by atoms with Crippen molar-refractivity contribution in [3.8, 4) is 0 Å². The predicted molar refractivity (Wildman–Crippen MR) is 236 cm³/mol. The Bertz CT molecular complexity index is 1820. The monoisotopic (exact) mass is 940 g/mol. The number of phosphoric ester groups is 2. The van der Waals surface area contributed by atoms with E-state index in [4.69, 9.17) is 31.8 Å². The molecule has 1 aliphatic rings. The second-order valence-corrected chi connectivity index (χ2v) is 17.4. The fourth-order valence-corrected chi connectivity index (χ4v) is 6.59. The number of nitrogens with one attached hydrogen (secondary N) is 1. The highest BCUT2D eigenvalue weighted by Gasteiger charge is 2.46. The fourth-order valence-electron chi connectivity index (χ4n) is 4.52. The minimum Gasteiger partial charge on any atom is -0.481 e. The van der Waals surface area contributed by atoms with Crippen molar-refractivity contribution in [3.05, 3.63) is 83.5 Å². The van der Waals surface area contributed by atoms with E-state index < -0.39 is 64.4 Å². The third-order valence-electron chi connectivity index (χ3n) is 7.79. The molecule has 23 nitrogen and oxygen atoms in total. The van der Waals surface area contributed by atoms with Crippen molar-refractivity contribution in [2.75, 3.05) is 60.2 Å². The van der Waals surface area contributed by atoms with Crippen molar-refractivity contribution in [2.24, 2.45) is 5.73 Å². The Hall–Kier alpha value is -4.35. The molecule has 0 aliphatic carbocycles. The second-order valence-electron chi connectivity index (χ2n) is 14.4. The Kier molecular flexibility index (Phi) is 31.2. The van der Waals surface area contributed by atoms with E-state index in [1.165, 1.54) is 19.3 Å². The summed E-state index contributed by atoms with van der Waals surface area (Å²) in [5.74, 6) is -2.01. The van der Waals surface area contributed by atoms with Crippen LogP contribution in [0.5, 0.6) is 0 Å². The first-order chi connectivity index (χ1) is 28.9. The average Bonchev–Trinajstić information content (AvgIpc) is 3.43. The van der Waals surface area contributed by atoms with Gasteiger partial charge in [0.05, 0.1) is 27.7 Å². The molecule has 1 fully saturated rings. The molecule has 63 heavy (non-hydrogen) atoms. The molecule has 1 aromatic rings. The molecule has 0 amide bonds. The lowest BCUT2D eigenvalue weighted by atomic mass is 10.1. The summed E-state index contributed by atoms with van der Waals surface area (Å²) in [7, 11) is -3.20. The number of aliphatic hydroxyl groups excluding tert-OH is 2. The van der Waals surface area contributed by atoms with E-state index in [2.05, 4.69) is 86.0 Å². The zero-order valence-corrected chi connectivity index (χ0v) is 38.2. The molecule has 1 saturated heterocycles. The summed E-state index contributed by atoms with van der Waals surface area (Å²) in [5, 5.41) is 43.6. The normalized spacial score (nSPS) is 19.6. The minimum atomic E-state index is -5.11. The van der Waals surface area contributed by atoms with Crippen LogP contribution in [0, 0.1) is 5.41 Å². The van der Waals surface area contributed by atoms with Gasteiger partial charge in [0.25, 0.3) is 0 Å². The third-order valence-corrected chi connectivity index (χ3v) is 10.4. The molecule has 0 spiro atoms. The number of likely N-dealkylation sites (N-methyl/N-ethyl adjacent to an activating group) is 2. The molecule has 0 radical (unpaired) electrons. The number of hydrogen-bond donors (Lipinski definition) is 9. The number of rotatable bonds is 25. The van der Waals surface area contributed by atoms with E-state index >= 15 is 0 Å². The first kappa shape index (κ1) is 60.7. The molecule has 0 bridgehead atoms. The van der Waals surface area contributed by atoms with E-state index in [9.17, 15) is 43.5 Å². The van der Waals surface area contributed by atoms with Gasteiger partial charge in [-0.25, -0.2) is 13.9 Å². The van der Waals surface area contributed by atoms with Crippen molar-refractivity contribution < 1.29 is 77.0 Å². The second kappa shape index (κ2) is 32.3. The number of aromatic nitrogens is 2. The molecular weight excluding hydrogens is 872 g/mol. The third kappa shape index (κ3) is 31.2. The van der Waals surface area contributed by atoms with Gasteiger partial charge >= 0.3 is 33.3 Å². The molecule has 25 heteroatoms. The number of quaternary nitrogens is 1. The molecule has 13 N–H and O–H groups in total. The number of nitrogens with two attached hydrogens (primary N) is 2. The summed E-state index contributed by atoms with van der Waals surface area (Å²) in [4.78, 5) is 56.0. The fraction of sp³-hybridized carbons (Fsp3) is 0.553. The lowest BCUT2D eigenvalue weighted by Gasteiger charge is -2.24. The maximum absolute atomic E-state index is 12.0. The van der Waals surface area contributed by atoms with Crippen LogP contribution in [0.2, 0.25) is 0 Å². The maximum atomic E-state index is 12.0. The van der Waals surface area contributed by atoms with Crippen LogP contribution in [0.1, 0.15) is 64.5 Å². The number of carboxylic acid groups (broad SMARTS) is 2. The minimum absolute atomic E-state index is 0. The molecule has 2 rings (SSSR count). The Morgan fingerprint density at radius 1 is 0.921 bits per heavy atom. The maximum Gasteiger partial charge on any atom is 0.481 e. The van der Waals surface area contributed by atoms with Gasteiger partial charge in [0, 0.05) is 19.7 Å². The van der Waals surface area contributed by atoms with Gasteiger partial charge in [-0.1, -0.05) is 67.7 Å². The van der Waals surface area contributed by atoms with Crippen LogP contribution in [0.15, 0.2) is 77.8 Å². The van der Waals surface area contributed by atoms with E-state index in [0.717, 1.165) is 54.4 Å². The van der Waals surface area contributed by atoms with E-state index in [1.54, 1.807) is 21.1 Å². The molecule has 2 heterocycles. The Morgan fingerprint density at radius 3 is 1.87 bits per heavy atom. The number of unbranched alkanes of at least 4 members (excludes halogenated alkanes) is 1. The van der Waals surface area contributed by atoms with Gasteiger partial charge in [-0.2, -0.15) is 9.29 Å². The molecular formula is C38H68N7O16P2+. The van der Waals surface area contributed by atoms with Crippen molar-refractivity contribution >= 4 is 39.4 Å². The van der Waals surface area contributed by atoms with Crippen LogP contribution in [0.3, 0.4) is 0 Å². The van der Waals surface area contributed by atoms with Gasteiger partial charge in [-0.3, -0.25) is 28.6 Å². The number of hydrogen-bond acceptors (Lipinski definition) is 14. The number of phosphoric acid groups is 2. The Morgan fingerprint density at radius 2 is 1.43 bits per heavy atom. The summed E-state index contributed by atoms with van der Waals surface area (Å²) < 4.78 is 43.9. The number of nitrogens with zero attached hydrogens (tertiary/aromatic N) is 4. The summed E-state index contributed by atoms with van der Waals surface area (Å²) >= 11 is 0. The number of carboxylic acids is 2. The molecule has 1 aliphatic heterocycles. The van der Waals surface area contributed by atoms with Crippen LogP contribution < -0.4 is 17.2 Å². The number of aliphatic carboxylic acids is 2. The van der Waals surface area contributed by atoms with E-state index in [0.29, 0.717) is 11.0 Å². The first-order valence-corrected chi connectivity index (χ1v) is 22.5. The van der Waals surface area contributed by atoms with Crippen LogP contribution >= 0.6 is 15.6 Å². The first-order valence-electron chi connectivity index (χ1n) is 19.5. The number of anilines is 1. The number of aliphatic hydroxyl groups is 2. The van der Waals surface area contributed by atoms with Gasteiger partial charge in [0.15, 0.2) is 12.2 Å². The van der Waals surface area contributed by atoms with Crippen LogP contribution in [-0.2, 0) is 36.8 Å². The highest BCUT2D eigenvalue weighted by atomic mass is 31.3. The van der Waals surface area contributed by atoms with Gasteiger partial charge in [0.1, 0.15) is 43.8 Å². The topological polar surface area (TPSA) is 372 Å². The van der Waals surface area contributed by atoms with Crippen LogP contribution in [0.4, 0.5) is 5.82 Å². The number of ether oxygens (including phenoxy) is 1. The molecule has 2 unspecified atom stereocenters. The standard InChI is InChI=1S/C20H30O2.C14H26N4O11P2.C4H9N3O2.H2O/c1-2-3-4-5-6-7-8-9-10-11-12-13-14-15-16-17-18-19-20(21)22;1-18(2,3)6-7-26-30(22,23)29-31(24,25)27-8-9-11(19)12(20)13(28-9)17-5-4-10(15)16-14(17)21;1-7(4(5)6)2-3(8)9;/h3-4,6-7,9-10,12-13,15-16H,2,5,8,11,14,17-19H2,1H3,(H,21,22);4-5,9,11-13,19-20H,6-8H2,1-3H3,(H3-,15,16,21,22,23,24,25);2H2,1H3,(H3,5,6)(H,8,9);1H2/p+1/b4-3-,7-6-,10-9-,13-12-,16-15-;;;/t;9-,11-,12-,13-;;/m.1../s1. The quantitative estimate of drug-likeness (QED) is 0.0170. The Balaban J connectivity index is 0. The SMILES string of the molecule is CC/C=C\C/C=C\C/C=C\C/C=C\C/C=C\CCCC(=O)O.CN(CC(=O)O)C(=N)N.C[N+](C)(C)CCOP(=O)(O)OP(=O)(O)OC[C@H]1O[C@@H](n2ccc(N)nc2=O)[C@H](O)[C@@H]1O.O. The van der Waals surface area contributed by atoms with Crippen LogP contribution in [0.25, 0.3) is 0 Å². The molecule has 0 saturated carbocycles. The van der Waals surface area contributed by atoms with Crippen LogP contribution in [-0.4, -0.2) is 145 Å². The molecule has 1 aromatic heterocycles. The summed E-state index contributed by atoms with van der Waals surface area (Å²) in [5.41, 5.74) is 9.46. The summed E-state index contributed by atoms with van der Waals surface area (Å²) in [6.07, 6.45) is 23.6. The van der Waals surface area contributed by atoms with E-state index in [-0.39, 0.29) is 36.8 Å². The summed E-state index contributed by atoms with van der Waals surface area (Å²) in [6, 6.07) is 1.26. The lowest BCUT2D eigenvalue weighted by molar-refractivity contribution is -0.870. The zero-order chi connectivity index (χ0) is 47.4. The number of allylic oxidation sites excluding steroid dienone is 10. The molecule has 6 atom stereocenters. The van der Waals surface area contributed by atoms with Gasteiger partial charge in [-0.05, 0) is 51.0 Å². The van der Waals surface area contributed by atoms with Gasteiger partial charge in [-0.15, -0.1) is 0 Å². The average molecular weight is 941 g/mol. The molecule has 0 aromatic carbocycles. The van der Waals surface area contributed by atoms with Gasteiger partial charge < -0.3 is 61.3 Å². The smallest absolute Gasteiger partial charge is 0.481 e. The summed E-state index contributed by atoms with van der Waals surface area (Å²) in [6.45, 7) is 1.17. The van der Waals surface area contributed by atoms with Gasteiger partial charge in [0.2, 0.25) is 0 Å². The zero-order valence-electron chi connectivity index (χ0n) is 36.4. The Labute approximate surface area is 367 Å². The van der Waals surface area contributed by atoms with Crippen molar-refractivity contribution in [1.82, 2.24) is 14.5 Å². The highest BCUT2D eigenvalue weighted by Crippen LogP contribution is 2.60. The van der Waals surface area contributed by atoms with Crippen molar-refractivity contribution in [2.45, 2.75) is 82.8 Å².